The summed E-state index contributed by atoms with van der Waals surface area (Å²) in [5.41, 5.74) is -1.02. The molecule has 198 valence electrons. The van der Waals surface area contributed by atoms with Crippen LogP contribution in [0.4, 0.5) is 4.79 Å². The highest BCUT2D eigenvalue weighted by Gasteiger charge is 2.47. The molecule has 0 radical (unpaired) electrons. The largest absolute Gasteiger partial charge is 0.480 e. The van der Waals surface area contributed by atoms with Crippen molar-refractivity contribution in [3.8, 4) is 0 Å². The average molecular weight is 522 g/mol. The second kappa shape index (κ2) is 11.1. The van der Waals surface area contributed by atoms with Gasteiger partial charge in [-0.1, -0.05) is 30.3 Å². The van der Waals surface area contributed by atoms with Crippen LogP contribution in [-0.2, 0) is 24.5 Å². The van der Waals surface area contributed by atoms with Gasteiger partial charge in [-0.25, -0.2) is 9.59 Å². The lowest BCUT2D eigenvalue weighted by atomic mass is 9.71. The van der Waals surface area contributed by atoms with Crippen molar-refractivity contribution in [1.29, 1.82) is 0 Å². The van der Waals surface area contributed by atoms with Gasteiger partial charge >= 0.3 is 12.1 Å². The number of likely N-dealkylation sites (tertiary alicyclic amines) is 1. The van der Waals surface area contributed by atoms with Gasteiger partial charge in [0.2, 0.25) is 11.8 Å². The summed E-state index contributed by atoms with van der Waals surface area (Å²) in [5, 5.41) is 21.8. The van der Waals surface area contributed by atoms with Crippen LogP contribution >= 0.6 is 11.8 Å². The van der Waals surface area contributed by atoms with Crippen molar-refractivity contribution in [1.82, 2.24) is 15.1 Å². The third-order valence-corrected chi connectivity index (χ3v) is 7.53. The van der Waals surface area contributed by atoms with Crippen LogP contribution in [0.25, 0.3) is 0 Å². The Balaban J connectivity index is 1.77. The second-order valence-electron chi connectivity index (χ2n) is 10.3. The number of aliphatic carboxylic acids is 1. The first-order chi connectivity index (χ1) is 16.9. The van der Waals surface area contributed by atoms with Crippen molar-refractivity contribution in [3.63, 3.8) is 0 Å². The normalized spacial score (nSPS) is 21.4. The molecule has 0 bridgehead atoms. The number of carboxylic acid groups (broad SMARTS) is 1. The van der Waals surface area contributed by atoms with Crippen molar-refractivity contribution in [2.45, 2.75) is 69.7 Å². The fourth-order valence-electron chi connectivity index (χ4n) is 4.54. The first-order valence-electron chi connectivity index (χ1n) is 12.0. The third-order valence-electron chi connectivity index (χ3n) is 6.52. The SMILES string of the molecule is C[C@@H](O)[C@H](NC(=O)C1(c2ccccc2)CCN(C(=O)[C@H]2CSCN2C(=O)OC(C)(C)C)CC1)C(=O)O. The van der Waals surface area contributed by atoms with Gasteiger partial charge in [-0.2, -0.15) is 0 Å². The first-order valence-corrected chi connectivity index (χ1v) is 13.1. The van der Waals surface area contributed by atoms with Gasteiger partial charge in [0.05, 0.1) is 17.4 Å². The Labute approximate surface area is 215 Å². The van der Waals surface area contributed by atoms with Crippen LogP contribution < -0.4 is 5.32 Å². The molecule has 3 atom stereocenters. The summed E-state index contributed by atoms with van der Waals surface area (Å²) < 4.78 is 5.47. The van der Waals surface area contributed by atoms with Crippen LogP contribution in [0.15, 0.2) is 30.3 Å². The van der Waals surface area contributed by atoms with E-state index in [1.165, 1.54) is 23.6 Å². The molecule has 0 spiro atoms. The van der Waals surface area contributed by atoms with E-state index >= 15 is 0 Å². The highest BCUT2D eigenvalue weighted by molar-refractivity contribution is 7.99. The summed E-state index contributed by atoms with van der Waals surface area (Å²) in [6, 6.07) is 6.97. The minimum atomic E-state index is -1.45. The Bertz CT molecular complexity index is 972. The number of rotatable bonds is 6. The topological polar surface area (TPSA) is 136 Å². The molecule has 2 saturated heterocycles. The van der Waals surface area contributed by atoms with E-state index in [4.69, 9.17) is 4.74 Å². The first kappa shape index (κ1) is 27.8. The molecular weight excluding hydrogens is 486 g/mol. The number of ether oxygens (including phenoxy) is 1. The zero-order valence-corrected chi connectivity index (χ0v) is 21.9. The van der Waals surface area contributed by atoms with Gasteiger partial charge in [0, 0.05) is 18.8 Å². The predicted octanol–water partition coefficient (Wildman–Crippen LogP) is 1.81. The number of carbonyl (C=O) groups is 4. The summed E-state index contributed by atoms with van der Waals surface area (Å²) in [7, 11) is 0. The molecule has 3 rings (SSSR count). The molecule has 3 N–H and O–H groups in total. The Kier molecular flexibility index (Phi) is 8.55. The number of aliphatic hydroxyl groups is 1. The van der Waals surface area contributed by atoms with E-state index in [2.05, 4.69) is 5.32 Å². The van der Waals surface area contributed by atoms with E-state index in [1.807, 2.05) is 18.2 Å². The van der Waals surface area contributed by atoms with Gasteiger partial charge in [0.25, 0.3) is 0 Å². The lowest BCUT2D eigenvalue weighted by Gasteiger charge is -2.42. The third kappa shape index (κ3) is 6.12. The smallest absolute Gasteiger partial charge is 0.411 e. The maximum atomic E-state index is 13.5. The van der Waals surface area contributed by atoms with Crippen LogP contribution in [0.5, 0.6) is 0 Å². The number of piperidine rings is 1. The van der Waals surface area contributed by atoms with Gasteiger partial charge in [0.15, 0.2) is 6.04 Å². The van der Waals surface area contributed by atoms with E-state index in [-0.39, 0.29) is 31.8 Å². The van der Waals surface area contributed by atoms with Crippen molar-refractivity contribution in [2.24, 2.45) is 0 Å². The minimum Gasteiger partial charge on any atom is -0.480 e. The molecule has 10 nitrogen and oxygen atoms in total. The predicted molar refractivity (Wildman–Crippen MR) is 134 cm³/mol. The van der Waals surface area contributed by atoms with Gasteiger partial charge in [-0.3, -0.25) is 14.5 Å². The standard InChI is InChI=1S/C25H35N3O7S/c1-16(29)19(21(31)32)26-22(33)25(17-8-6-5-7-9-17)10-12-27(13-11-25)20(30)18-14-36-15-28(18)23(34)35-24(2,3)4/h5-9,16,18-19,29H,10-15H2,1-4H3,(H,26,33)(H,31,32)/t16-,18-,19+/m1/s1. The number of amides is 3. The number of nitrogens with one attached hydrogen (secondary N) is 1. The number of hydrogen-bond donors (Lipinski definition) is 3. The number of carboxylic acids is 1. The highest BCUT2D eigenvalue weighted by atomic mass is 32.2. The Morgan fingerprint density at radius 2 is 1.75 bits per heavy atom. The lowest BCUT2D eigenvalue weighted by Crippen LogP contribution is -2.59. The average Bonchev–Trinajstić information content (AvgIpc) is 3.31. The Morgan fingerprint density at radius 1 is 1.14 bits per heavy atom. The summed E-state index contributed by atoms with van der Waals surface area (Å²) in [6.07, 6.45) is -1.27. The molecule has 1 aromatic rings. The fourth-order valence-corrected chi connectivity index (χ4v) is 5.67. The number of nitrogens with zero attached hydrogens (tertiary/aromatic N) is 2. The molecular formula is C25H35N3O7S. The van der Waals surface area contributed by atoms with Gasteiger partial charge in [0.1, 0.15) is 11.6 Å². The Morgan fingerprint density at radius 3 is 2.28 bits per heavy atom. The zero-order valence-electron chi connectivity index (χ0n) is 21.1. The molecule has 2 heterocycles. The second-order valence-corrected chi connectivity index (χ2v) is 11.3. The molecule has 36 heavy (non-hydrogen) atoms. The van der Waals surface area contributed by atoms with Crippen molar-refractivity contribution in [2.75, 3.05) is 24.7 Å². The lowest BCUT2D eigenvalue weighted by molar-refractivity contribution is -0.146. The molecule has 3 amide bonds. The molecule has 1 aromatic carbocycles. The summed E-state index contributed by atoms with van der Waals surface area (Å²) in [5.74, 6) is -1.18. The molecule has 2 aliphatic rings. The van der Waals surface area contributed by atoms with Crippen LogP contribution in [-0.4, -0.2) is 92.4 Å². The van der Waals surface area contributed by atoms with Gasteiger partial charge in [-0.15, -0.1) is 11.8 Å². The van der Waals surface area contributed by atoms with E-state index in [0.717, 1.165) is 5.56 Å². The number of carbonyl (C=O) groups excluding carboxylic acids is 3. The van der Waals surface area contributed by atoms with Crippen LogP contribution in [0, 0.1) is 0 Å². The van der Waals surface area contributed by atoms with Crippen LogP contribution in [0.1, 0.15) is 46.1 Å². The fraction of sp³-hybridized carbons (Fsp3) is 0.600. The summed E-state index contributed by atoms with van der Waals surface area (Å²) >= 11 is 1.48. The van der Waals surface area contributed by atoms with E-state index in [0.29, 0.717) is 11.6 Å². The maximum Gasteiger partial charge on any atom is 0.411 e. The van der Waals surface area contributed by atoms with Crippen LogP contribution in [0.3, 0.4) is 0 Å². The summed E-state index contributed by atoms with van der Waals surface area (Å²) in [4.78, 5) is 54.2. The molecule has 0 unspecified atom stereocenters. The van der Waals surface area contributed by atoms with E-state index in [1.54, 1.807) is 37.8 Å². The quantitative estimate of drug-likeness (QED) is 0.516. The molecule has 0 saturated carbocycles. The molecule has 0 aromatic heterocycles. The molecule has 2 aliphatic heterocycles. The van der Waals surface area contributed by atoms with Crippen molar-refractivity contribution in [3.05, 3.63) is 35.9 Å². The zero-order chi connectivity index (χ0) is 26.7. The van der Waals surface area contributed by atoms with Crippen molar-refractivity contribution < 1.29 is 34.1 Å². The molecule has 2 fully saturated rings. The van der Waals surface area contributed by atoms with Crippen LogP contribution in [0.2, 0.25) is 0 Å². The minimum absolute atomic E-state index is 0.194. The van der Waals surface area contributed by atoms with E-state index < -0.39 is 47.2 Å². The Hall–Kier alpha value is -2.79. The summed E-state index contributed by atoms with van der Waals surface area (Å²) in [6.45, 7) is 7.15. The van der Waals surface area contributed by atoms with Crippen molar-refractivity contribution >= 4 is 35.6 Å². The molecule has 0 aliphatic carbocycles. The number of benzene rings is 1. The highest BCUT2D eigenvalue weighted by Crippen LogP contribution is 2.37. The monoisotopic (exact) mass is 521 g/mol. The maximum absolute atomic E-state index is 13.5. The van der Waals surface area contributed by atoms with Gasteiger partial charge in [-0.05, 0) is 46.1 Å². The van der Waals surface area contributed by atoms with E-state index in [9.17, 15) is 29.4 Å². The number of hydrogen-bond acceptors (Lipinski definition) is 7. The van der Waals surface area contributed by atoms with Gasteiger partial charge < -0.3 is 25.2 Å². The molecule has 11 heteroatoms. The number of aliphatic hydroxyl groups excluding tert-OH is 1. The number of thioether (sulfide) groups is 1.